The minimum atomic E-state index is -0.362. The largest absolute Gasteiger partial charge is 0.384 e. The van der Waals surface area contributed by atoms with Crippen molar-refractivity contribution in [1.29, 1.82) is 0 Å². The molecule has 0 unspecified atom stereocenters. The second kappa shape index (κ2) is 7.04. The fourth-order valence-electron chi connectivity index (χ4n) is 2.29. The predicted molar refractivity (Wildman–Crippen MR) is 84.6 cm³/mol. The monoisotopic (exact) mass is 375 g/mol. The summed E-state index contributed by atoms with van der Waals surface area (Å²) in [5.74, 6) is 0. The van der Waals surface area contributed by atoms with Gasteiger partial charge in [-0.05, 0) is 67.6 Å². The van der Waals surface area contributed by atoms with E-state index in [0.717, 1.165) is 28.8 Å². The van der Waals surface area contributed by atoms with Crippen LogP contribution in [0.1, 0.15) is 19.3 Å². The fraction of sp³-hybridized carbons (Fsp3) is 0.538. The molecular weight excluding hydrogens is 357 g/mol. The molecule has 0 radical (unpaired) electrons. The maximum Gasteiger partial charge on any atom is 0.270 e. The molecule has 104 valence electrons. The van der Waals surface area contributed by atoms with Gasteiger partial charge in [-0.25, -0.2) is 0 Å². The first-order valence-electron chi connectivity index (χ1n) is 6.57. The Bertz CT molecular complexity index is 448. The first-order chi connectivity index (χ1) is 9.16. The number of halogens is 1. The molecule has 0 atom stereocenters. The van der Waals surface area contributed by atoms with Crippen LogP contribution in [0, 0.1) is 13.7 Å². The zero-order valence-corrected chi connectivity index (χ0v) is 12.9. The van der Waals surface area contributed by atoms with Gasteiger partial charge in [-0.2, -0.15) is 0 Å². The van der Waals surface area contributed by atoms with Gasteiger partial charge < -0.3 is 10.2 Å². The lowest BCUT2D eigenvalue weighted by Gasteiger charge is -2.15. The van der Waals surface area contributed by atoms with Crippen molar-refractivity contribution in [2.24, 2.45) is 0 Å². The van der Waals surface area contributed by atoms with Gasteiger partial charge in [0.15, 0.2) is 0 Å². The quantitative estimate of drug-likeness (QED) is 0.359. The van der Waals surface area contributed by atoms with E-state index in [4.69, 9.17) is 0 Å². The normalized spacial score (nSPS) is 15.6. The Labute approximate surface area is 126 Å². The minimum Gasteiger partial charge on any atom is -0.384 e. The molecule has 1 aromatic carbocycles. The molecule has 1 aromatic rings. The second-order valence-corrected chi connectivity index (χ2v) is 5.91. The SMILES string of the molecule is O=[N+]([O-])c1ccc(NCCCN2CCCC2)c(I)c1. The van der Waals surface area contributed by atoms with E-state index in [-0.39, 0.29) is 10.6 Å². The van der Waals surface area contributed by atoms with Crippen LogP contribution < -0.4 is 5.32 Å². The lowest BCUT2D eigenvalue weighted by molar-refractivity contribution is -0.384. The molecule has 1 saturated heterocycles. The van der Waals surface area contributed by atoms with E-state index in [1.54, 1.807) is 18.2 Å². The van der Waals surface area contributed by atoms with Gasteiger partial charge in [-0.3, -0.25) is 10.1 Å². The highest BCUT2D eigenvalue weighted by molar-refractivity contribution is 14.1. The Balaban J connectivity index is 1.77. The Morgan fingerprint density at radius 2 is 2.11 bits per heavy atom. The van der Waals surface area contributed by atoms with Crippen molar-refractivity contribution < 1.29 is 4.92 Å². The number of likely N-dealkylation sites (tertiary alicyclic amines) is 1. The number of rotatable bonds is 6. The van der Waals surface area contributed by atoms with E-state index >= 15 is 0 Å². The lowest BCUT2D eigenvalue weighted by atomic mass is 10.2. The number of hydrogen-bond donors (Lipinski definition) is 1. The average Bonchev–Trinajstić information content (AvgIpc) is 2.89. The van der Waals surface area contributed by atoms with Gasteiger partial charge in [0.1, 0.15) is 0 Å². The van der Waals surface area contributed by atoms with Crippen LogP contribution in [0.3, 0.4) is 0 Å². The zero-order valence-electron chi connectivity index (χ0n) is 10.8. The van der Waals surface area contributed by atoms with Crippen LogP contribution in [0.5, 0.6) is 0 Å². The van der Waals surface area contributed by atoms with Gasteiger partial charge in [0, 0.05) is 27.9 Å². The summed E-state index contributed by atoms with van der Waals surface area (Å²) in [6.07, 6.45) is 3.76. The maximum atomic E-state index is 10.6. The average molecular weight is 375 g/mol. The van der Waals surface area contributed by atoms with E-state index in [1.807, 2.05) is 0 Å². The second-order valence-electron chi connectivity index (χ2n) is 4.75. The van der Waals surface area contributed by atoms with Crippen LogP contribution in [0.2, 0.25) is 0 Å². The number of anilines is 1. The number of non-ortho nitro benzene ring substituents is 1. The summed E-state index contributed by atoms with van der Waals surface area (Å²) in [6.45, 7) is 4.50. The Hall–Kier alpha value is -0.890. The number of nitro groups is 1. The van der Waals surface area contributed by atoms with Crippen LogP contribution in [-0.4, -0.2) is 36.0 Å². The van der Waals surface area contributed by atoms with Crippen molar-refractivity contribution in [2.45, 2.75) is 19.3 Å². The smallest absolute Gasteiger partial charge is 0.270 e. The van der Waals surface area contributed by atoms with E-state index in [9.17, 15) is 10.1 Å². The van der Waals surface area contributed by atoms with Crippen LogP contribution in [0.4, 0.5) is 11.4 Å². The minimum absolute atomic E-state index is 0.145. The summed E-state index contributed by atoms with van der Waals surface area (Å²) in [7, 11) is 0. The van der Waals surface area contributed by atoms with E-state index < -0.39 is 0 Å². The van der Waals surface area contributed by atoms with Crippen LogP contribution >= 0.6 is 22.6 Å². The summed E-state index contributed by atoms with van der Waals surface area (Å²) >= 11 is 2.13. The van der Waals surface area contributed by atoms with Crippen LogP contribution in [0.15, 0.2) is 18.2 Å². The predicted octanol–water partition coefficient (Wildman–Crippen LogP) is 3.10. The van der Waals surface area contributed by atoms with Gasteiger partial charge in [0.2, 0.25) is 0 Å². The summed E-state index contributed by atoms with van der Waals surface area (Å²) in [5, 5.41) is 14.0. The highest BCUT2D eigenvalue weighted by Crippen LogP contribution is 2.23. The molecule has 0 saturated carbocycles. The summed E-state index contributed by atoms with van der Waals surface area (Å²) in [4.78, 5) is 12.8. The maximum absolute atomic E-state index is 10.6. The Morgan fingerprint density at radius 1 is 1.37 bits per heavy atom. The van der Waals surface area contributed by atoms with Gasteiger partial charge in [-0.15, -0.1) is 0 Å². The molecule has 0 aromatic heterocycles. The molecule has 1 aliphatic heterocycles. The molecule has 1 N–H and O–H groups in total. The molecule has 0 bridgehead atoms. The topological polar surface area (TPSA) is 58.4 Å². The van der Waals surface area contributed by atoms with Crippen molar-refractivity contribution in [3.63, 3.8) is 0 Å². The van der Waals surface area contributed by atoms with Crippen molar-refractivity contribution in [2.75, 3.05) is 31.5 Å². The van der Waals surface area contributed by atoms with Crippen molar-refractivity contribution in [3.8, 4) is 0 Å². The molecule has 19 heavy (non-hydrogen) atoms. The molecule has 0 spiro atoms. The standard InChI is InChI=1S/C13H18IN3O2/c14-12-10-11(17(18)19)4-5-13(12)15-6-3-9-16-7-1-2-8-16/h4-5,10,15H,1-3,6-9H2. The van der Waals surface area contributed by atoms with Crippen LogP contribution in [-0.2, 0) is 0 Å². The molecule has 0 aliphatic carbocycles. The van der Waals surface area contributed by atoms with Gasteiger partial charge >= 0.3 is 0 Å². The third-order valence-corrected chi connectivity index (χ3v) is 4.22. The van der Waals surface area contributed by atoms with E-state index in [1.165, 1.54) is 25.9 Å². The molecule has 6 heteroatoms. The number of hydrogen-bond acceptors (Lipinski definition) is 4. The molecule has 0 amide bonds. The lowest BCUT2D eigenvalue weighted by Crippen LogP contribution is -2.22. The Kier molecular flexibility index (Phi) is 5.38. The van der Waals surface area contributed by atoms with Gasteiger partial charge in [0.25, 0.3) is 5.69 Å². The third kappa shape index (κ3) is 4.31. The van der Waals surface area contributed by atoms with Crippen LogP contribution in [0.25, 0.3) is 0 Å². The van der Waals surface area contributed by atoms with Crippen molar-refractivity contribution in [3.05, 3.63) is 31.9 Å². The molecule has 1 aliphatic rings. The highest BCUT2D eigenvalue weighted by atomic mass is 127. The zero-order chi connectivity index (χ0) is 13.7. The van der Waals surface area contributed by atoms with Gasteiger partial charge in [-0.1, -0.05) is 0 Å². The summed E-state index contributed by atoms with van der Waals surface area (Å²) in [5.41, 5.74) is 1.12. The molecular formula is C13H18IN3O2. The molecule has 1 heterocycles. The summed E-state index contributed by atoms with van der Waals surface area (Å²) < 4.78 is 0.896. The summed E-state index contributed by atoms with van der Waals surface area (Å²) in [6, 6.07) is 4.93. The number of nitrogens with zero attached hydrogens (tertiary/aromatic N) is 2. The van der Waals surface area contributed by atoms with E-state index in [2.05, 4.69) is 32.8 Å². The first-order valence-corrected chi connectivity index (χ1v) is 7.65. The Morgan fingerprint density at radius 3 is 2.74 bits per heavy atom. The van der Waals surface area contributed by atoms with Crippen molar-refractivity contribution in [1.82, 2.24) is 4.90 Å². The van der Waals surface area contributed by atoms with Gasteiger partial charge in [0.05, 0.1) is 4.92 Å². The van der Waals surface area contributed by atoms with Crippen molar-refractivity contribution >= 4 is 34.0 Å². The molecule has 2 rings (SSSR count). The number of nitro benzene ring substituents is 1. The number of benzene rings is 1. The number of nitrogens with one attached hydrogen (secondary N) is 1. The highest BCUT2D eigenvalue weighted by Gasteiger charge is 2.11. The fourth-order valence-corrected chi connectivity index (χ4v) is 2.98. The first kappa shape index (κ1) is 14.5. The molecule has 5 nitrogen and oxygen atoms in total. The molecule has 1 fully saturated rings. The van der Waals surface area contributed by atoms with E-state index in [0.29, 0.717) is 0 Å². The third-order valence-electron chi connectivity index (χ3n) is 3.33.